The minimum atomic E-state index is 0.402. The number of ether oxygens (including phenoxy) is 2. The van der Waals surface area contributed by atoms with E-state index >= 15 is 0 Å². The molecule has 0 unspecified atom stereocenters. The van der Waals surface area contributed by atoms with Crippen LogP contribution in [0.2, 0.25) is 0 Å². The molecule has 0 aliphatic carbocycles. The van der Waals surface area contributed by atoms with E-state index in [1.807, 2.05) is 6.07 Å². The summed E-state index contributed by atoms with van der Waals surface area (Å²) in [5.74, 6) is 0.707. The first kappa shape index (κ1) is 11.2. The van der Waals surface area contributed by atoms with Gasteiger partial charge in [0.15, 0.2) is 0 Å². The number of rotatable bonds is 3. The van der Waals surface area contributed by atoms with E-state index in [-0.39, 0.29) is 0 Å². The smallest absolute Gasteiger partial charge is 0.237 e. The number of hydrogen-bond donors (Lipinski definition) is 0. The van der Waals surface area contributed by atoms with E-state index in [2.05, 4.69) is 16.0 Å². The molecule has 0 atom stereocenters. The van der Waals surface area contributed by atoms with E-state index < -0.39 is 0 Å². The quantitative estimate of drug-likeness (QED) is 0.779. The number of aromatic nitrogens is 1. The molecule has 1 aromatic heterocycles. The molecule has 0 radical (unpaired) electrons. The standard InChI is InChI=1S/C12H18N2O2/c1-15-10-5-8-14(9-6-10)11-4-3-7-13-12(11)16-2/h3-4,7,10H,5-6,8-9H2,1-2H3. The normalized spacial score (nSPS) is 17.5. The van der Waals surface area contributed by atoms with E-state index in [9.17, 15) is 0 Å². The highest BCUT2D eigenvalue weighted by molar-refractivity contribution is 5.54. The first-order valence-electron chi connectivity index (χ1n) is 5.62. The molecule has 1 aliphatic heterocycles. The summed E-state index contributed by atoms with van der Waals surface area (Å²) in [4.78, 5) is 6.52. The summed E-state index contributed by atoms with van der Waals surface area (Å²) in [5, 5.41) is 0. The van der Waals surface area contributed by atoms with E-state index in [0.717, 1.165) is 31.6 Å². The van der Waals surface area contributed by atoms with Gasteiger partial charge in [-0.2, -0.15) is 0 Å². The number of pyridine rings is 1. The molecule has 4 heteroatoms. The minimum Gasteiger partial charge on any atom is -0.480 e. The fourth-order valence-electron chi connectivity index (χ4n) is 2.11. The van der Waals surface area contributed by atoms with Gasteiger partial charge in [-0.05, 0) is 25.0 Å². The van der Waals surface area contributed by atoms with Crippen molar-refractivity contribution in [3.05, 3.63) is 18.3 Å². The SMILES string of the molecule is COc1ncccc1N1CCC(OC)CC1. The molecule has 2 heterocycles. The van der Waals surface area contributed by atoms with Crippen molar-refractivity contribution in [2.24, 2.45) is 0 Å². The molecule has 1 fully saturated rings. The molecule has 0 saturated carbocycles. The van der Waals surface area contributed by atoms with Gasteiger partial charge in [-0.1, -0.05) is 0 Å². The monoisotopic (exact) mass is 222 g/mol. The summed E-state index contributed by atoms with van der Waals surface area (Å²) in [6.07, 6.45) is 4.28. The van der Waals surface area contributed by atoms with Gasteiger partial charge in [0.2, 0.25) is 5.88 Å². The first-order chi connectivity index (χ1) is 7.85. The zero-order valence-corrected chi connectivity index (χ0v) is 9.85. The maximum absolute atomic E-state index is 5.36. The van der Waals surface area contributed by atoms with Gasteiger partial charge in [0, 0.05) is 26.4 Å². The van der Waals surface area contributed by atoms with Crippen molar-refractivity contribution in [2.45, 2.75) is 18.9 Å². The summed E-state index contributed by atoms with van der Waals surface area (Å²) in [6, 6.07) is 4.00. The largest absolute Gasteiger partial charge is 0.480 e. The molecule has 0 N–H and O–H groups in total. The van der Waals surface area contributed by atoms with Crippen molar-refractivity contribution in [3.8, 4) is 5.88 Å². The van der Waals surface area contributed by atoms with E-state index in [1.165, 1.54) is 0 Å². The third-order valence-electron chi connectivity index (χ3n) is 3.06. The lowest BCUT2D eigenvalue weighted by Crippen LogP contribution is -2.36. The second kappa shape index (κ2) is 5.16. The fraction of sp³-hybridized carbons (Fsp3) is 0.583. The molecular weight excluding hydrogens is 204 g/mol. The lowest BCUT2D eigenvalue weighted by molar-refractivity contribution is 0.0818. The molecule has 1 saturated heterocycles. The van der Waals surface area contributed by atoms with Crippen LogP contribution in [0.1, 0.15) is 12.8 Å². The van der Waals surface area contributed by atoms with E-state index in [1.54, 1.807) is 20.4 Å². The highest BCUT2D eigenvalue weighted by atomic mass is 16.5. The van der Waals surface area contributed by atoms with Gasteiger partial charge in [0.25, 0.3) is 0 Å². The molecule has 88 valence electrons. The molecule has 4 nitrogen and oxygen atoms in total. The average molecular weight is 222 g/mol. The Balaban J connectivity index is 2.07. The van der Waals surface area contributed by atoms with E-state index in [4.69, 9.17) is 9.47 Å². The van der Waals surface area contributed by atoms with Crippen molar-refractivity contribution in [1.82, 2.24) is 4.98 Å². The number of nitrogens with zero attached hydrogens (tertiary/aromatic N) is 2. The maximum Gasteiger partial charge on any atom is 0.237 e. The van der Waals surface area contributed by atoms with Crippen LogP contribution in [0.25, 0.3) is 0 Å². The Morgan fingerprint density at radius 2 is 2.06 bits per heavy atom. The Morgan fingerprint density at radius 1 is 1.31 bits per heavy atom. The Bertz CT molecular complexity index is 336. The molecule has 0 spiro atoms. The minimum absolute atomic E-state index is 0.402. The zero-order valence-electron chi connectivity index (χ0n) is 9.85. The molecule has 1 aromatic rings. The van der Waals surface area contributed by atoms with Gasteiger partial charge < -0.3 is 14.4 Å². The van der Waals surface area contributed by atoms with Crippen LogP contribution in [0.4, 0.5) is 5.69 Å². The second-order valence-electron chi connectivity index (χ2n) is 3.95. The Kier molecular flexibility index (Phi) is 3.62. The predicted octanol–water partition coefficient (Wildman–Crippen LogP) is 1.71. The zero-order chi connectivity index (χ0) is 11.4. The number of methoxy groups -OCH3 is 2. The van der Waals surface area contributed by atoms with Crippen LogP contribution in [0.5, 0.6) is 5.88 Å². The van der Waals surface area contributed by atoms with Crippen LogP contribution in [-0.2, 0) is 4.74 Å². The molecule has 0 aromatic carbocycles. The number of hydrogen-bond acceptors (Lipinski definition) is 4. The van der Waals surface area contributed by atoms with Crippen molar-refractivity contribution in [3.63, 3.8) is 0 Å². The number of piperidine rings is 1. The molecule has 1 aliphatic rings. The highest BCUT2D eigenvalue weighted by Crippen LogP contribution is 2.28. The Hall–Kier alpha value is -1.29. The summed E-state index contributed by atoms with van der Waals surface area (Å²) >= 11 is 0. The van der Waals surface area contributed by atoms with Crippen LogP contribution < -0.4 is 9.64 Å². The lowest BCUT2D eigenvalue weighted by atomic mass is 10.1. The van der Waals surface area contributed by atoms with E-state index in [0.29, 0.717) is 12.0 Å². The maximum atomic E-state index is 5.36. The van der Waals surface area contributed by atoms with Crippen molar-refractivity contribution < 1.29 is 9.47 Å². The summed E-state index contributed by atoms with van der Waals surface area (Å²) in [6.45, 7) is 2.00. The van der Waals surface area contributed by atoms with Gasteiger partial charge in [-0.15, -0.1) is 0 Å². The fourth-order valence-corrected chi connectivity index (χ4v) is 2.11. The average Bonchev–Trinajstić information content (AvgIpc) is 2.39. The molecule has 16 heavy (non-hydrogen) atoms. The van der Waals surface area contributed by atoms with Crippen LogP contribution >= 0.6 is 0 Å². The molecular formula is C12H18N2O2. The summed E-state index contributed by atoms with van der Waals surface area (Å²) in [7, 11) is 3.44. The van der Waals surface area contributed by atoms with Crippen molar-refractivity contribution >= 4 is 5.69 Å². The molecule has 2 rings (SSSR count). The van der Waals surface area contributed by atoms with Crippen LogP contribution in [0.15, 0.2) is 18.3 Å². The first-order valence-corrected chi connectivity index (χ1v) is 5.62. The summed E-state index contributed by atoms with van der Waals surface area (Å²) < 4.78 is 10.6. The van der Waals surface area contributed by atoms with Crippen molar-refractivity contribution in [2.75, 3.05) is 32.2 Å². The second-order valence-corrected chi connectivity index (χ2v) is 3.95. The van der Waals surface area contributed by atoms with Crippen LogP contribution in [-0.4, -0.2) is 38.4 Å². The predicted molar refractivity (Wildman–Crippen MR) is 63.0 cm³/mol. The highest BCUT2D eigenvalue weighted by Gasteiger charge is 2.21. The van der Waals surface area contributed by atoms with Gasteiger partial charge in [-0.3, -0.25) is 0 Å². The topological polar surface area (TPSA) is 34.6 Å². The third-order valence-corrected chi connectivity index (χ3v) is 3.06. The molecule has 0 amide bonds. The van der Waals surface area contributed by atoms with Gasteiger partial charge in [-0.25, -0.2) is 4.98 Å². The third kappa shape index (κ3) is 2.27. The Morgan fingerprint density at radius 3 is 2.69 bits per heavy atom. The van der Waals surface area contributed by atoms with Crippen molar-refractivity contribution in [1.29, 1.82) is 0 Å². The van der Waals surface area contributed by atoms with Gasteiger partial charge in [0.05, 0.1) is 18.9 Å². The number of anilines is 1. The van der Waals surface area contributed by atoms with Crippen LogP contribution in [0.3, 0.4) is 0 Å². The van der Waals surface area contributed by atoms with Gasteiger partial charge >= 0.3 is 0 Å². The molecule has 0 bridgehead atoms. The van der Waals surface area contributed by atoms with Crippen LogP contribution in [0, 0.1) is 0 Å². The van der Waals surface area contributed by atoms with Gasteiger partial charge in [0.1, 0.15) is 0 Å². The summed E-state index contributed by atoms with van der Waals surface area (Å²) in [5.41, 5.74) is 1.08. The Labute approximate surface area is 96.2 Å². The lowest BCUT2D eigenvalue weighted by Gasteiger charge is -2.33.